The zero-order valence-electron chi connectivity index (χ0n) is 18.9. The van der Waals surface area contributed by atoms with Gasteiger partial charge in [0.05, 0.1) is 12.0 Å². The summed E-state index contributed by atoms with van der Waals surface area (Å²) in [5.74, 6) is -0.562. The van der Waals surface area contributed by atoms with E-state index in [0.717, 1.165) is 4.68 Å². The summed E-state index contributed by atoms with van der Waals surface area (Å²) < 4.78 is 52.6. The summed E-state index contributed by atoms with van der Waals surface area (Å²) in [7, 11) is -1.14. The van der Waals surface area contributed by atoms with Gasteiger partial charge in [0.1, 0.15) is 23.7 Å². The highest BCUT2D eigenvalue weighted by atomic mass is 32.2. The Balaban J connectivity index is 2.04. The lowest BCUT2D eigenvalue weighted by molar-refractivity contribution is 0.0749. The number of aromatic nitrogens is 3. The van der Waals surface area contributed by atoms with Crippen molar-refractivity contribution in [1.82, 2.24) is 19.7 Å². The van der Waals surface area contributed by atoms with E-state index in [1.807, 2.05) is 20.8 Å². The largest absolute Gasteiger partial charge is 0.497 e. The number of amides is 1. The van der Waals surface area contributed by atoms with Gasteiger partial charge in [0, 0.05) is 24.8 Å². The highest BCUT2D eigenvalue weighted by Gasteiger charge is 2.28. The van der Waals surface area contributed by atoms with Crippen molar-refractivity contribution in [3.63, 3.8) is 0 Å². The van der Waals surface area contributed by atoms with Gasteiger partial charge in [-0.25, -0.2) is 22.9 Å². The smallest absolute Gasteiger partial charge is 0.410 e. The van der Waals surface area contributed by atoms with Crippen molar-refractivity contribution < 1.29 is 27.1 Å². The Labute approximate surface area is 191 Å². The molecule has 0 radical (unpaired) electrons. The second-order valence-electron chi connectivity index (χ2n) is 8.17. The highest BCUT2D eigenvalue weighted by Crippen LogP contribution is 2.27. The number of carbonyl (C=O) groups is 1. The van der Waals surface area contributed by atoms with Crippen LogP contribution in [-0.2, 0) is 21.2 Å². The zero-order chi connectivity index (χ0) is 24.4. The summed E-state index contributed by atoms with van der Waals surface area (Å²) in [6.07, 6.45) is 0.630. The molecule has 0 N–H and O–H groups in total. The van der Waals surface area contributed by atoms with Crippen molar-refractivity contribution in [3.8, 4) is 11.4 Å². The monoisotopic (exact) mass is 476 g/mol. The van der Waals surface area contributed by atoms with E-state index in [-0.39, 0.29) is 27.9 Å². The lowest BCUT2D eigenvalue weighted by Crippen LogP contribution is -2.42. The molecule has 2 aromatic heterocycles. The molecule has 0 atom stereocenters. The van der Waals surface area contributed by atoms with E-state index < -0.39 is 27.4 Å². The first-order chi connectivity index (χ1) is 15.4. The molecule has 0 bridgehead atoms. The van der Waals surface area contributed by atoms with Crippen LogP contribution in [0.2, 0.25) is 0 Å². The molecule has 0 aliphatic carbocycles. The molecule has 0 unspecified atom stereocenters. The predicted molar refractivity (Wildman–Crippen MR) is 117 cm³/mol. The van der Waals surface area contributed by atoms with E-state index in [1.165, 1.54) is 54.6 Å². The minimum atomic E-state index is -4.15. The van der Waals surface area contributed by atoms with Gasteiger partial charge in [-0.2, -0.15) is 9.49 Å². The Morgan fingerprint density at radius 2 is 1.91 bits per heavy atom. The van der Waals surface area contributed by atoms with Crippen LogP contribution < -0.4 is 4.74 Å². The van der Waals surface area contributed by atoms with E-state index >= 15 is 0 Å². The number of methoxy groups -OCH3 is 1. The first-order valence-corrected chi connectivity index (χ1v) is 11.4. The minimum Gasteiger partial charge on any atom is -0.497 e. The maximum atomic E-state index is 14.4. The molecule has 176 valence electrons. The third-order valence-corrected chi connectivity index (χ3v) is 6.66. The Morgan fingerprint density at radius 1 is 1.18 bits per heavy atom. The number of nitrogens with zero attached hydrogens (tertiary/aromatic N) is 4. The fourth-order valence-corrected chi connectivity index (χ4v) is 4.20. The van der Waals surface area contributed by atoms with Crippen LogP contribution in [0.1, 0.15) is 26.5 Å². The fourth-order valence-electron chi connectivity index (χ4n) is 2.78. The fraction of sp³-hybridized carbons (Fsp3) is 0.318. The van der Waals surface area contributed by atoms with E-state index in [1.54, 1.807) is 13.1 Å². The number of ether oxygens (including phenoxy) is 2. The SMILES string of the molecule is COc1cccc(S(=O)(=O)c2cc(COC(=O)N(C)C(C)(C)C)nn2-c2cccnc2F)c1. The molecule has 1 aromatic carbocycles. The quantitative estimate of drug-likeness (QED) is 0.501. The van der Waals surface area contributed by atoms with E-state index in [4.69, 9.17) is 9.47 Å². The van der Waals surface area contributed by atoms with E-state index in [2.05, 4.69) is 10.1 Å². The number of hydrogen-bond acceptors (Lipinski definition) is 7. The molecule has 33 heavy (non-hydrogen) atoms. The number of sulfone groups is 1. The minimum absolute atomic E-state index is 0.0664. The predicted octanol–water partition coefficient (Wildman–Crippen LogP) is 3.61. The lowest BCUT2D eigenvalue weighted by atomic mass is 10.1. The standard InChI is InChI=1S/C22H25FN4O5S/c1-22(2,3)26(4)21(28)32-14-15-12-19(27(25-15)18-10-7-11-24-20(18)23)33(29,30)17-9-6-8-16(13-17)31-5/h6-13H,14H2,1-5H3. The molecule has 0 saturated carbocycles. The molecule has 3 aromatic rings. The third kappa shape index (κ3) is 5.14. The average molecular weight is 477 g/mol. The Bertz CT molecular complexity index is 1270. The Hall–Kier alpha value is -3.47. The molecular weight excluding hydrogens is 451 g/mol. The second kappa shape index (κ2) is 9.18. The van der Waals surface area contributed by atoms with Gasteiger partial charge in [-0.05, 0) is 51.1 Å². The van der Waals surface area contributed by atoms with Gasteiger partial charge in [0.25, 0.3) is 0 Å². The van der Waals surface area contributed by atoms with Crippen LogP contribution >= 0.6 is 0 Å². The second-order valence-corrected chi connectivity index (χ2v) is 10.1. The van der Waals surface area contributed by atoms with Crippen molar-refractivity contribution in [2.24, 2.45) is 0 Å². The molecule has 1 amide bonds. The van der Waals surface area contributed by atoms with Crippen LogP contribution in [0, 0.1) is 5.95 Å². The normalized spacial score (nSPS) is 11.8. The summed E-state index contributed by atoms with van der Waals surface area (Å²) in [6.45, 7) is 5.21. The number of pyridine rings is 1. The number of hydrogen-bond donors (Lipinski definition) is 0. The van der Waals surface area contributed by atoms with Crippen LogP contribution in [0.4, 0.5) is 9.18 Å². The summed E-state index contributed by atoms with van der Waals surface area (Å²) in [6, 6.07) is 9.93. The Morgan fingerprint density at radius 3 is 2.55 bits per heavy atom. The number of halogens is 1. The van der Waals surface area contributed by atoms with Gasteiger partial charge in [0.2, 0.25) is 15.8 Å². The van der Waals surface area contributed by atoms with Crippen molar-refractivity contribution in [2.45, 2.75) is 42.8 Å². The third-order valence-electron chi connectivity index (χ3n) is 4.95. The summed E-state index contributed by atoms with van der Waals surface area (Å²) in [5, 5.41) is 3.89. The number of carbonyl (C=O) groups excluding carboxylic acids is 1. The first-order valence-electron chi connectivity index (χ1n) is 9.94. The molecule has 0 spiro atoms. The van der Waals surface area contributed by atoms with E-state index in [0.29, 0.717) is 5.75 Å². The van der Waals surface area contributed by atoms with Gasteiger partial charge in [0.15, 0.2) is 5.03 Å². The van der Waals surface area contributed by atoms with Gasteiger partial charge in [-0.1, -0.05) is 6.07 Å². The van der Waals surface area contributed by atoms with Crippen molar-refractivity contribution in [1.29, 1.82) is 0 Å². The van der Waals surface area contributed by atoms with Crippen LogP contribution in [0.15, 0.2) is 58.6 Å². The molecule has 0 saturated heterocycles. The van der Waals surface area contributed by atoms with Crippen molar-refractivity contribution >= 4 is 15.9 Å². The maximum absolute atomic E-state index is 14.4. The van der Waals surface area contributed by atoms with Crippen LogP contribution in [0.3, 0.4) is 0 Å². The molecule has 0 fully saturated rings. The van der Waals surface area contributed by atoms with E-state index in [9.17, 15) is 17.6 Å². The van der Waals surface area contributed by atoms with Crippen LogP contribution in [0.25, 0.3) is 5.69 Å². The van der Waals surface area contributed by atoms with Gasteiger partial charge >= 0.3 is 6.09 Å². The Kier molecular flexibility index (Phi) is 6.73. The summed E-state index contributed by atoms with van der Waals surface area (Å²) >= 11 is 0. The van der Waals surface area contributed by atoms with Gasteiger partial charge < -0.3 is 14.4 Å². The molecule has 2 heterocycles. The van der Waals surface area contributed by atoms with Gasteiger partial charge in [-0.15, -0.1) is 0 Å². The molecule has 11 heteroatoms. The summed E-state index contributed by atoms with van der Waals surface area (Å²) in [5.41, 5.74) is -0.519. The topological polar surface area (TPSA) is 104 Å². The molecule has 0 aliphatic rings. The first kappa shape index (κ1) is 24.2. The van der Waals surface area contributed by atoms with Gasteiger partial charge in [-0.3, -0.25) is 0 Å². The maximum Gasteiger partial charge on any atom is 0.410 e. The van der Waals surface area contributed by atoms with Crippen molar-refractivity contribution in [3.05, 3.63) is 60.3 Å². The average Bonchev–Trinajstić information content (AvgIpc) is 3.21. The van der Waals surface area contributed by atoms with Crippen molar-refractivity contribution in [2.75, 3.05) is 14.2 Å². The highest BCUT2D eigenvalue weighted by molar-refractivity contribution is 7.91. The summed E-state index contributed by atoms with van der Waals surface area (Å²) in [4.78, 5) is 17.2. The molecule has 0 aliphatic heterocycles. The van der Waals surface area contributed by atoms with Crippen LogP contribution in [0.5, 0.6) is 5.75 Å². The number of rotatable bonds is 6. The number of benzene rings is 1. The molecular formula is C22H25FN4O5S. The molecule has 9 nitrogen and oxygen atoms in total. The van der Waals surface area contributed by atoms with Crippen LogP contribution in [-0.4, -0.2) is 53.9 Å². The molecule has 3 rings (SSSR count). The lowest BCUT2D eigenvalue weighted by Gasteiger charge is -2.30. The zero-order valence-corrected chi connectivity index (χ0v) is 19.8.